The Morgan fingerprint density at radius 2 is 2.10 bits per heavy atom. The van der Waals surface area contributed by atoms with Crippen LogP contribution in [0.5, 0.6) is 0 Å². The first-order valence-electron chi connectivity index (χ1n) is 10.1. The minimum atomic E-state index is 0. The van der Waals surface area contributed by atoms with Crippen LogP contribution in [0.25, 0.3) is 0 Å². The third-order valence-corrected chi connectivity index (χ3v) is 5.27. The van der Waals surface area contributed by atoms with Gasteiger partial charge < -0.3 is 24.6 Å². The average molecular weight is 527 g/mol. The van der Waals surface area contributed by atoms with E-state index in [-0.39, 0.29) is 30.1 Å². The molecule has 2 aliphatic heterocycles. The maximum absolute atomic E-state index is 5.95. The number of guanidine groups is 1. The van der Waals surface area contributed by atoms with Gasteiger partial charge in [0, 0.05) is 58.2 Å². The molecule has 2 aromatic heterocycles. The van der Waals surface area contributed by atoms with Gasteiger partial charge in [0.15, 0.2) is 5.96 Å². The molecule has 164 valence electrons. The molecule has 1 unspecified atom stereocenters. The number of hydrogen-bond acceptors (Lipinski definition) is 6. The van der Waals surface area contributed by atoms with Crippen molar-refractivity contribution in [3.8, 4) is 0 Å². The molecule has 1 atom stereocenters. The van der Waals surface area contributed by atoms with E-state index in [4.69, 9.17) is 9.47 Å². The van der Waals surface area contributed by atoms with E-state index in [9.17, 15) is 0 Å². The standard InChI is InChI=1S/C20H29N7O2.HI/c1-21-20(27-7-10-29-18(15-27)17-13-24-25(2)14-17)23-12-16-3-4-22-19(11-16)26-5-8-28-9-6-26;/h3-4,11,13-14,18H,5-10,12,15H2,1-2H3,(H,21,23);1H. The predicted octanol–water partition coefficient (Wildman–Crippen LogP) is 1.42. The molecule has 4 rings (SSSR count). The van der Waals surface area contributed by atoms with E-state index in [0.29, 0.717) is 13.2 Å². The number of hydrogen-bond donors (Lipinski definition) is 1. The number of halogens is 1. The molecule has 2 fully saturated rings. The van der Waals surface area contributed by atoms with Gasteiger partial charge in [-0.05, 0) is 17.7 Å². The molecule has 10 heteroatoms. The minimum Gasteiger partial charge on any atom is -0.378 e. The molecule has 0 radical (unpaired) electrons. The molecule has 30 heavy (non-hydrogen) atoms. The zero-order valence-electron chi connectivity index (χ0n) is 17.5. The summed E-state index contributed by atoms with van der Waals surface area (Å²) in [6.07, 6.45) is 5.76. The summed E-state index contributed by atoms with van der Waals surface area (Å²) in [5.74, 6) is 1.89. The lowest BCUT2D eigenvalue weighted by Gasteiger charge is -2.34. The maximum atomic E-state index is 5.95. The summed E-state index contributed by atoms with van der Waals surface area (Å²) < 4.78 is 13.2. The van der Waals surface area contributed by atoms with Gasteiger partial charge in [-0.15, -0.1) is 24.0 Å². The molecule has 4 heterocycles. The Labute approximate surface area is 194 Å². The number of aromatic nitrogens is 3. The van der Waals surface area contributed by atoms with Crippen molar-refractivity contribution < 1.29 is 9.47 Å². The molecule has 2 aromatic rings. The maximum Gasteiger partial charge on any atom is 0.194 e. The van der Waals surface area contributed by atoms with Crippen molar-refractivity contribution in [2.24, 2.45) is 12.0 Å². The van der Waals surface area contributed by atoms with Crippen molar-refractivity contribution in [1.29, 1.82) is 0 Å². The number of morpholine rings is 2. The average Bonchev–Trinajstić information content (AvgIpc) is 3.22. The summed E-state index contributed by atoms with van der Waals surface area (Å²) in [5, 5.41) is 7.75. The number of rotatable bonds is 4. The molecule has 0 aromatic carbocycles. The largest absolute Gasteiger partial charge is 0.378 e. The third kappa shape index (κ3) is 5.61. The molecule has 1 N–H and O–H groups in total. The highest BCUT2D eigenvalue weighted by Crippen LogP contribution is 2.21. The van der Waals surface area contributed by atoms with Gasteiger partial charge in [0.05, 0.1) is 32.6 Å². The first-order chi connectivity index (χ1) is 14.2. The van der Waals surface area contributed by atoms with Gasteiger partial charge in [0.1, 0.15) is 11.9 Å². The van der Waals surface area contributed by atoms with Crippen molar-refractivity contribution in [3.63, 3.8) is 0 Å². The Morgan fingerprint density at radius 1 is 1.27 bits per heavy atom. The fourth-order valence-electron chi connectivity index (χ4n) is 3.70. The van der Waals surface area contributed by atoms with Gasteiger partial charge in [-0.2, -0.15) is 5.10 Å². The summed E-state index contributed by atoms with van der Waals surface area (Å²) in [5.41, 5.74) is 2.27. The van der Waals surface area contributed by atoms with Crippen molar-refractivity contribution in [2.75, 3.05) is 57.9 Å². The summed E-state index contributed by atoms with van der Waals surface area (Å²) in [6, 6.07) is 4.19. The van der Waals surface area contributed by atoms with Gasteiger partial charge >= 0.3 is 0 Å². The SMILES string of the molecule is CN=C(NCc1ccnc(N2CCOCC2)c1)N1CCOC(c2cnn(C)c2)C1.I. The van der Waals surface area contributed by atoms with Crippen molar-refractivity contribution in [3.05, 3.63) is 41.9 Å². The van der Waals surface area contributed by atoms with E-state index >= 15 is 0 Å². The van der Waals surface area contributed by atoms with E-state index in [1.165, 1.54) is 5.56 Å². The van der Waals surface area contributed by atoms with Crippen molar-refractivity contribution in [2.45, 2.75) is 12.6 Å². The molecule has 9 nitrogen and oxygen atoms in total. The minimum absolute atomic E-state index is 0. The normalized spacial score (nSPS) is 20.1. The fourth-order valence-corrected chi connectivity index (χ4v) is 3.70. The first kappa shape index (κ1) is 22.8. The molecular weight excluding hydrogens is 497 g/mol. The lowest BCUT2D eigenvalue weighted by Crippen LogP contribution is -2.47. The molecule has 2 aliphatic rings. The van der Waals surface area contributed by atoms with Crippen LogP contribution in [0.3, 0.4) is 0 Å². The Bertz CT molecular complexity index is 838. The molecule has 0 saturated carbocycles. The Balaban J connectivity index is 0.00000256. The van der Waals surface area contributed by atoms with E-state index < -0.39 is 0 Å². The van der Waals surface area contributed by atoms with Gasteiger partial charge in [0.2, 0.25) is 0 Å². The topological polar surface area (TPSA) is 80.0 Å². The number of ether oxygens (including phenoxy) is 2. The zero-order chi connectivity index (χ0) is 20.1. The van der Waals surface area contributed by atoms with E-state index in [0.717, 1.165) is 56.7 Å². The monoisotopic (exact) mass is 527 g/mol. The van der Waals surface area contributed by atoms with Gasteiger partial charge in [-0.3, -0.25) is 9.67 Å². The second-order valence-electron chi connectivity index (χ2n) is 7.28. The number of aliphatic imine (C=N–C) groups is 1. The number of aryl methyl sites for hydroxylation is 1. The van der Waals surface area contributed by atoms with Gasteiger partial charge in [-0.1, -0.05) is 0 Å². The van der Waals surface area contributed by atoms with Crippen molar-refractivity contribution >= 4 is 35.8 Å². The van der Waals surface area contributed by atoms with Crippen LogP contribution in [-0.2, 0) is 23.1 Å². The molecule has 0 bridgehead atoms. The number of nitrogens with zero attached hydrogens (tertiary/aromatic N) is 6. The fraction of sp³-hybridized carbons (Fsp3) is 0.550. The predicted molar refractivity (Wildman–Crippen MR) is 126 cm³/mol. The highest BCUT2D eigenvalue weighted by Gasteiger charge is 2.25. The smallest absolute Gasteiger partial charge is 0.194 e. The molecule has 0 spiro atoms. The van der Waals surface area contributed by atoms with Gasteiger partial charge in [-0.25, -0.2) is 4.98 Å². The molecule has 0 amide bonds. The number of pyridine rings is 1. The second-order valence-corrected chi connectivity index (χ2v) is 7.28. The Kier molecular flexibility index (Phi) is 8.28. The molecule has 0 aliphatic carbocycles. The van der Waals surface area contributed by atoms with Crippen molar-refractivity contribution in [1.82, 2.24) is 25.0 Å². The summed E-state index contributed by atoms with van der Waals surface area (Å²) >= 11 is 0. The Hall–Kier alpha value is -1.92. The first-order valence-corrected chi connectivity index (χ1v) is 10.1. The lowest BCUT2D eigenvalue weighted by atomic mass is 10.1. The Morgan fingerprint density at radius 3 is 2.83 bits per heavy atom. The van der Waals surface area contributed by atoms with E-state index in [1.807, 2.05) is 38.8 Å². The van der Waals surface area contributed by atoms with Crippen LogP contribution < -0.4 is 10.2 Å². The van der Waals surface area contributed by atoms with Crippen LogP contribution in [0.4, 0.5) is 5.82 Å². The van der Waals surface area contributed by atoms with Crippen LogP contribution in [-0.4, -0.2) is 78.7 Å². The van der Waals surface area contributed by atoms with E-state index in [2.05, 4.69) is 36.3 Å². The second kappa shape index (κ2) is 10.9. The van der Waals surface area contributed by atoms with Crippen LogP contribution >= 0.6 is 24.0 Å². The van der Waals surface area contributed by atoms with Crippen LogP contribution in [0.1, 0.15) is 17.2 Å². The zero-order valence-corrected chi connectivity index (χ0v) is 19.9. The van der Waals surface area contributed by atoms with Crippen LogP contribution in [0.15, 0.2) is 35.7 Å². The quantitative estimate of drug-likeness (QED) is 0.366. The highest BCUT2D eigenvalue weighted by atomic mass is 127. The highest BCUT2D eigenvalue weighted by molar-refractivity contribution is 14.0. The van der Waals surface area contributed by atoms with Gasteiger partial charge in [0.25, 0.3) is 0 Å². The lowest BCUT2D eigenvalue weighted by molar-refractivity contribution is -0.00805. The molecular formula is C20H30IN7O2. The number of nitrogens with one attached hydrogen (secondary N) is 1. The van der Waals surface area contributed by atoms with E-state index in [1.54, 1.807) is 4.68 Å². The summed E-state index contributed by atoms with van der Waals surface area (Å²) in [7, 11) is 3.74. The van der Waals surface area contributed by atoms with Crippen LogP contribution in [0, 0.1) is 0 Å². The third-order valence-electron chi connectivity index (χ3n) is 5.27. The summed E-state index contributed by atoms with van der Waals surface area (Å²) in [4.78, 5) is 13.5. The van der Waals surface area contributed by atoms with Crippen LogP contribution in [0.2, 0.25) is 0 Å². The number of anilines is 1. The summed E-state index contributed by atoms with van der Waals surface area (Å²) in [6.45, 7) is 6.20. The molecule has 2 saturated heterocycles.